The quantitative estimate of drug-likeness (QED) is 0.758. The van der Waals surface area contributed by atoms with Gasteiger partial charge in [-0.05, 0) is 37.1 Å². The van der Waals surface area contributed by atoms with Crippen molar-refractivity contribution in [2.75, 3.05) is 4.72 Å². The van der Waals surface area contributed by atoms with Crippen LogP contribution in [0.5, 0.6) is 0 Å². The largest absolute Gasteiger partial charge is 0.276 e. The van der Waals surface area contributed by atoms with Crippen molar-refractivity contribution in [2.45, 2.75) is 25.3 Å². The number of aromatic nitrogens is 2. The molecule has 0 fully saturated rings. The van der Waals surface area contributed by atoms with E-state index in [9.17, 15) is 12.8 Å². The molecule has 130 valence electrons. The molecule has 25 heavy (non-hydrogen) atoms. The van der Waals surface area contributed by atoms with E-state index in [1.807, 2.05) is 13.0 Å². The first-order valence-electron chi connectivity index (χ1n) is 7.71. The van der Waals surface area contributed by atoms with Gasteiger partial charge in [-0.3, -0.25) is 9.40 Å². The SMILES string of the molecule is Cc1ccc(C)c(S(=O)(=O)Nc2cnn(Cc3ccccc3F)c2)c1. The van der Waals surface area contributed by atoms with E-state index < -0.39 is 10.0 Å². The number of aryl methyl sites for hydroxylation is 2. The molecule has 0 atom stereocenters. The molecule has 1 N–H and O–H groups in total. The molecule has 2 aromatic carbocycles. The Morgan fingerprint density at radius 1 is 1.16 bits per heavy atom. The summed E-state index contributed by atoms with van der Waals surface area (Å²) in [5, 5.41) is 4.09. The van der Waals surface area contributed by atoms with Gasteiger partial charge in [0.15, 0.2) is 0 Å². The fourth-order valence-electron chi connectivity index (χ4n) is 2.51. The zero-order valence-electron chi connectivity index (χ0n) is 13.9. The van der Waals surface area contributed by atoms with Crippen LogP contribution >= 0.6 is 0 Å². The van der Waals surface area contributed by atoms with Crippen LogP contribution in [0.4, 0.5) is 10.1 Å². The average molecular weight is 359 g/mol. The zero-order valence-corrected chi connectivity index (χ0v) is 14.7. The minimum Gasteiger partial charge on any atom is -0.276 e. The molecule has 1 aromatic heterocycles. The molecule has 0 amide bonds. The summed E-state index contributed by atoms with van der Waals surface area (Å²) < 4.78 is 42.9. The first kappa shape index (κ1) is 17.2. The Labute approximate surface area is 146 Å². The van der Waals surface area contributed by atoms with Crippen molar-refractivity contribution in [2.24, 2.45) is 0 Å². The van der Waals surface area contributed by atoms with Gasteiger partial charge in [0.25, 0.3) is 10.0 Å². The third-order valence-corrected chi connectivity index (χ3v) is 5.33. The number of halogens is 1. The first-order chi connectivity index (χ1) is 11.8. The van der Waals surface area contributed by atoms with Gasteiger partial charge in [0.1, 0.15) is 5.82 Å². The van der Waals surface area contributed by atoms with Gasteiger partial charge < -0.3 is 0 Å². The molecule has 0 saturated carbocycles. The van der Waals surface area contributed by atoms with E-state index in [0.717, 1.165) is 5.56 Å². The number of anilines is 1. The average Bonchev–Trinajstić information content (AvgIpc) is 2.98. The molecule has 0 saturated heterocycles. The molecule has 0 aliphatic heterocycles. The molecule has 0 spiro atoms. The van der Waals surface area contributed by atoms with Crippen molar-refractivity contribution in [1.82, 2.24) is 9.78 Å². The summed E-state index contributed by atoms with van der Waals surface area (Å²) in [6.45, 7) is 3.80. The third kappa shape index (κ3) is 3.88. The highest BCUT2D eigenvalue weighted by molar-refractivity contribution is 7.92. The number of rotatable bonds is 5. The van der Waals surface area contributed by atoms with Gasteiger partial charge in [-0.15, -0.1) is 0 Å². The van der Waals surface area contributed by atoms with Gasteiger partial charge in [-0.1, -0.05) is 30.3 Å². The van der Waals surface area contributed by atoms with E-state index in [-0.39, 0.29) is 17.3 Å². The van der Waals surface area contributed by atoms with Crippen LogP contribution in [0.2, 0.25) is 0 Å². The van der Waals surface area contributed by atoms with Crippen molar-refractivity contribution >= 4 is 15.7 Å². The van der Waals surface area contributed by atoms with Crippen LogP contribution in [-0.4, -0.2) is 18.2 Å². The van der Waals surface area contributed by atoms with Gasteiger partial charge in [0.05, 0.1) is 23.3 Å². The Kier molecular flexibility index (Phi) is 4.59. The summed E-state index contributed by atoms with van der Waals surface area (Å²) in [6.07, 6.45) is 2.94. The standard InChI is InChI=1S/C18H18FN3O2S/c1-13-7-8-14(2)18(9-13)25(23,24)21-16-10-20-22(12-16)11-15-5-3-4-6-17(15)19/h3-10,12,21H,11H2,1-2H3. The van der Waals surface area contributed by atoms with Crippen LogP contribution in [0.15, 0.2) is 59.8 Å². The minimum atomic E-state index is -3.71. The lowest BCUT2D eigenvalue weighted by molar-refractivity contribution is 0.585. The fourth-order valence-corrected chi connectivity index (χ4v) is 3.87. The van der Waals surface area contributed by atoms with E-state index in [1.165, 1.54) is 23.1 Å². The number of benzene rings is 2. The molecule has 0 aliphatic carbocycles. The molecule has 0 aliphatic rings. The van der Waals surface area contributed by atoms with E-state index in [2.05, 4.69) is 9.82 Å². The molecule has 3 rings (SSSR count). The maximum atomic E-state index is 13.7. The Morgan fingerprint density at radius 2 is 1.92 bits per heavy atom. The number of nitrogens with one attached hydrogen (secondary N) is 1. The number of hydrogen-bond acceptors (Lipinski definition) is 3. The van der Waals surface area contributed by atoms with E-state index in [1.54, 1.807) is 37.3 Å². The van der Waals surface area contributed by atoms with E-state index >= 15 is 0 Å². The molecule has 3 aromatic rings. The lowest BCUT2D eigenvalue weighted by Crippen LogP contribution is -2.14. The lowest BCUT2D eigenvalue weighted by atomic mass is 10.2. The lowest BCUT2D eigenvalue weighted by Gasteiger charge is -2.09. The topological polar surface area (TPSA) is 64.0 Å². The van der Waals surface area contributed by atoms with E-state index in [0.29, 0.717) is 16.8 Å². The molecule has 7 heteroatoms. The zero-order chi connectivity index (χ0) is 18.0. The van der Waals surface area contributed by atoms with Crippen LogP contribution in [0.3, 0.4) is 0 Å². The molecule has 0 bridgehead atoms. The molecular weight excluding hydrogens is 341 g/mol. The van der Waals surface area contributed by atoms with Crippen molar-refractivity contribution in [3.05, 3.63) is 77.4 Å². The third-order valence-electron chi connectivity index (χ3n) is 3.81. The Balaban J connectivity index is 1.81. The van der Waals surface area contributed by atoms with Crippen LogP contribution in [0, 0.1) is 19.7 Å². The van der Waals surface area contributed by atoms with Gasteiger partial charge in [-0.25, -0.2) is 12.8 Å². The molecule has 0 radical (unpaired) electrons. The summed E-state index contributed by atoms with van der Waals surface area (Å²) in [7, 11) is -3.71. The van der Waals surface area contributed by atoms with Crippen LogP contribution in [0.25, 0.3) is 0 Å². The van der Waals surface area contributed by atoms with Crippen molar-refractivity contribution in [1.29, 1.82) is 0 Å². The minimum absolute atomic E-state index is 0.220. The van der Waals surface area contributed by atoms with Gasteiger partial charge in [-0.2, -0.15) is 5.10 Å². The number of hydrogen-bond donors (Lipinski definition) is 1. The van der Waals surface area contributed by atoms with Crippen LogP contribution < -0.4 is 4.72 Å². The maximum absolute atomic E-state index is 13.7. The summed E-state index contributed by atoms with van der Waals surface area (Å²) in [4.78, 5) is 0.231. The predicted molar refractivity (Wildman–Crippen MR) is 94.5 cm³/mol. The van der Waals surface area contributed by atoms with Gasteiger partial charge in [0.2, 0.25) is 0 Å². The van der Waals surface area contributed by atoms with Crippen molar-refractivity contribution in [3.8, 4) is 0 Å². The Hall–Kier alpha value is -2.67. The summed E-state index contributed by atoms with van der Waals surface area (Å²) >= 11 is 0. The summed E-state index contributed by atoms with van der Waals surface area (Å²) in [5.74, 6) is -0.324. The van der Waals surface area contributed by atoms with Gasteiger partial charge in [0, 0.05) is 11.8 Å². The van der Waals surface area contributed by atoms with Crippen molar-refractivity contribution < 1.29 is 12.8 Å². The second kappa shape index (κ2) is 6.68. The Morgan fingerprint density at radius 3 is 2.68 bits per heavy atom. The summed E-state index contributed by atoms with van der Waals surface area (Å²) in [6, 6.07) is 11.7. The Bertz CT molecular complexity index is 1010. The highest BCUT2D eigenvalue weighted by Gasteiger charge is 2.18. The second-order valence-corrected chi connectivity index (χ2v) is 7.54. The van der Waals surface area contributed by atoms with Crippen LogP contribution in [-0.2, 0) is 16.6 Å². The molecule has 1 heterocycles. The van der Waals surface area contributed by atoms with Gasteiger partial charge >= 0.3 is 0 Å². The summed E-state index contributed by atoms with van der Waals surface area (Å²) in [5.41, 5.74) is 2.34. The predicted octanol–water partition coefficient (Wildman–Crippen LogP) is 3.49. The molecule has 5 nitrogen and oxygen atoms in total. The maximum Gasteiger partial charge on any atom is 0.262 e. The highest BCUT2D eigenvalue weighted by Crippen LogP contribution is 2.20. The van der Waals surface area contributed by atoms with E-state index in [4.69, 9.17) is 0 Å². The fraction of sp³-hybridized carbons (Fsp3) is 0.167. The number of sulfonamides is 1. The van der Waals surface area contributed by atoms with Crippen LogP contribution in [0.1, 0.15) is 16.7 Å². The second-order valence-electron chi connectivity index (χ2n) is 5.89. The normalized spacial score (nSPS) is 11.5. The number of nitrogens with zero attached hydrogens (tertiary/aromatic N) is 2. The first-order valence-corrected chi connectivity index (χ1v) is 9.19. The van der Waals surface area contributed by atoms with Crippen molar-refractivity contribution in [3.63, 3.8) is 0 Å². The monoisotopic (exact) mass is 359 g/mol. The smallest absolute Gasteiger partial charge is 0.262 e. The highest BCUT2D eigenvalue weighted by atomic mass is 32.2. The molecule has 0 unspecified atom stereocenters. The molecular formula is C18H18FN3O2S.